The summed E-state index contributed by atoms with van der Waals surface area (Å²) in [5.74, 6) is -0.985. The fourth-order valence-corrected chi connectivity index (χ4v) is 2.91. The normalized spacial score (nSPS) is 26.2. The highest BCUT2D eigenvalue weighted by atomic mass is 32.2. The zero-order valence-electron chi connectivity index (χ0n) is 9.45. The number of nitrogens with two attached hydrogens (primary N) is 1. The molecule has 0 bridgehead atoms. The lowest BCUT2D eigenvalue weighted by Gasteiger charge is -2.14. The molecular weight excluding hydrogens is 248 g/mol. The molecule has 1 fully saturated rings. The van der Waals surface area contributed by atoms with E-state index in [-0.39, 0.29) is 37.6 Å². The molecule has 1 heterocycles. The minimum atomic E-state index is -3.30. The van der Waals surface area contributed by atoms with E-state index >= 15 is 0 Å². The Labute approximate surface area is 100 Å². The van der Waals surface area contributed by atoms with E-state index in [1.807, 2.05) is 0 Å². The number of amides is 1. The number of carbonyl (C=O) groups excluding carboxylic acids is 1. The molecule has 1 saturated heterocycles. The average Bonchev–Trinajstić information content (AvgIpc) is 2.53. The number of carbonyl (C=O) groups is 1. The van der Waals surface area contributed by atoms with Crippen molar-refractivity contribution in [1.82, 2.24) is 4.90 Å². The van der Waals surface area contributed by atoms with Crippen LogP contribution in [-0.4, -0.2) is 72.8 Å². The fraction of sp³-hybridized carbons (Fsp3) is 0.889. The number of hydrogen-bond acceptors (Lipinski definition) is 6. The van der Waals surface area contributed by atoms with Gasteiger partial charge in [0.1, 0.15) is 0 Å². The second-order valence-corrected chi connectivity index (χ2v) is 6.57. The van der Waals surface area contributed by atoms with Crippen molar-refractivity contribution in [2.75, 3.05) is 31.1 Å². The second-order valence-electron chi connectivity index (χ2n) is 4.26. The van der Waals surface area contributed by atoms with Gasteiger partial charge in [0.2, 0.25) is 5.91 Å². The lowest BCUT2D eigenvalue weighted by molar-refractivity contribution is -0.117. The first-order valence-electron chi connectivity index (χ1n) is 5.37. The van der Waals surface area contributed by atoms with Crippen LogP contribution in [0.15, 0.2) is 0 Å². The van der Waals surface area contributed by atoms with Gasteiger partial charge in [0, 0.05) is 26.1 Å². The average molecular weight is 266 g/mol. The topological polar surface area (TPSA) is 121 Å². The van der Waals surface area contributed by atoms with Crippen LogP contribution in [0, 0.1) is 0 Å². The Hall–Kier alpha value is -0.700. The molecule has 0 radical (unpaired) electrons. The monoisotopic (exact) mass is 266 g/mol. The Morgan fingerprint density at radius 2 is 1.76 bits per heavy atom. The first-order chi connectivity index (χ1) is 7.80. The van der Waals surface area contributed by atoms with Crippen molar-refractivity contribution in [2.45, 2.75) is 18.6 Å². The van der Waals surface area contributed by atoms with Gasteiger partial charge in [-0.05, 0) is 0 Å². The molecule has 2 atom stereocenters. The molecule has 100 valence electrons. The van der Waals surface area contributed by atoms with E-state index in [1.165, 1.54) is 0 Å². The summed E-state index contributed by atoms with van der Waals surface area (Å²) in [6.45, 7) is 0.786. The molecule has 0 spiro atoms. The molecule has 8 heteroatoms. The first kappa shape index (κ1) is 14.4. The Bertz CT molecular complexity index is 360. The molecule has 4 N–H and O–H groups in total. The number of aliphatic hydroxyl groups excluding tert-OH is 2. The van der Waals surface area contributed by atoms with E-state index in [9.17, 15) is 23.4 Å². The number of sulfone groups is 1. The van der Waals surface area contributed by atoms with Crippen LogP contribution in [-0.2, 0) is 14.6 Å². The highest BCUT2D eigenvalue weighted by Crippen LogP contribution is 2.09. The number of likely N-dealkylation sites (tertiary alicyclic amines) is 1. The van der Waals surface area contributed by atoms with E-state index in [1.54, 1.807) is 4.90 Å². The zero-order chi connectivity index (χ0) is 13.1. The van der Waals surface area contributed by atoms with Crippen molar-refractivity contribution < 1.29 is 23.4 Å². The van der Waals surface area contributed by atoms with E-state index in [0.29, 0.717) is 0 Å². The third-order valence-electron chi connectivity index (χ3n) is 2.71. The molecule has 0 aromatic heterocycles. The predicted octanol–water partition coefficient (Wildman–Crippen LogP) is -2.69. The van der Waals surface area contributed by atoms with Gasteiger partial charge in [-0.3, -0.25) is 9.69 Å². The molecule has 0 aromatic rings. The van der Waals surface area contributed by atoms with Gasteiger partial charge < -0.3 is 15.9 Å². The Morgan fingerprint density at radius 3 is 2.24 bits per heavy atom. The van der Waals surface area contributed by atoms with E-state index < -0.39 is 28.0 Å². The molecule has 1 aliphatic rings. The molecule has 0 aromatic carbocycles. The van der Waals surface area contributed by atoms with Crippen LogP contribution in [0.25, 0.3) is 0 Å². The quantitative estimate of drug-likeness (QED) is 0.481. The smallest absolute Gasteiger partial charge is 0.218 e. The number of primary amides is 1. The van der Waals surface area contributed by atoms with Crippen LogP contribution in [0.4, 0.5) is 0 Å². The lowest BCUT2D eigenvalue weighted by Crippen LogP contribution is -2.30. The minimum absolute atomic E-state index is 0.0975. The van der Waals surface area contributed by atoms with Crippen LogP contribution in [0.1, 0.15) is 6.42 Å². The van der Waals surface area contributed by atoms with Crippen LogP contribution in [0.5, 0.6) is 0 Å². The van der Waals surface area contributed by atoms with Gasteiger partial charge >= 0.3 is 0 Å². The summed E-state index contributed by atoms with van der Waals surface area (Å²) < 4.78 is 23.0. The van der Waals surface area contributed by atoms with E-state index in [4.69, 9.17) is 5.73 Å². The Kier molecular flexibility index (Phi) is 4.87. The largest absolute Gasteiger partial charge is 0.389 e. The number of hydrogen-bond donors (Lipinski definition) is 3. The molecule has 1 rings (SSSR count). The molecule has 17 heavy (non-hydrogen) atoms. The highest BCUT2D eigenvalue weighted by Gasteiger charge is 2.29. The SMILES string of the molecule is NC(=O)CCS(=O)(=O)CCN1CC(O)C(O)C1. The van der Waals surface area contributed by atoms with Gasteiger partial charge in [-0.15, -0.1) is 0 Å². The third-order valence-corrected chi connectivity index (χ3v) is 4.34. The Morgan fingerprint density at radius 1 is 1.24 bits per heavy atom. The van der Waals surface area contributed by atoms with Gasteiger partial charge in [0.05, 0.1) is 23.7 Å². The third kappa shape index (κ3) is 4.99. The van der Waals surface area contributed by atoms with Gasteiger partial charge in [-0.25, -0.2) is 8.42 Å². The van der Waals surface area contributed by atoms with Gasteiger partial charge in [0.25, 0.3) is 0 Å². The molecule has 7 nitrogen and oxygen atoms in total. The van der Waals surface area contributed by atoms with Crippen molar-refractivity contribution >= 4 is 15.7 Å². The standard InChI is InChI=1S/C9H18N2O5S/c10-9(14)1-3-17(15,16)4-2-11-5-7(12)8(13)6-11/h7-8,12-13H,1-6H2,(H2,10,14). The van der Waals surface area contributed by atoms with Gasteiger partial charge in [-0.2, -0.15) is 0 Å². The van der Waals surface area contributed by atoms with Crippen molar-refractivity contribution in [3.63, 3.8) is 0 Å². The van der Waals surface area contributed by atoms with Crippen molar-refractivity contribution in [3.05, 3.63) is 0 Å². The maximum absolute atomic E-state index is 11.5. The number of nitrogens with zero attached hydrogens (tertiary/aromatic N) is 1. The fourth-order valence-electron chi connectivity index (χ4n) is 1.66. The van der Waals surface area contributed by atoms with Crippen LogP contribution in [0.3, 0.4) is 0 Å². The highest BCUT2D eigenvalue weighted by molar-refractivity contribution is 7.91. The van der Waals surface area contributed by atoms with Crippen LogP contribution >= 0.6 is 0 Å². The first-order valence-corrected chi connectivity index (χ1v) is 7.19. The zero-order valence-corrected chi connectivity index (χ0v) is 10.3. The predicted molar refractivity (Wildman–Crippen MR) is 60.9 cm³/mol. The van der Waals surface area contributed by atoms with Crippen molar-refractivity contribution in [3.8, 4) is 0 Å². The molecule has 0 saturated carbocycles. The summed E-state index contributed by atoms with van der Waals surface area (Å²) in [6, 6.07) is 0. The van der Waals surface area contributed by atoms with E-state index in [0.717, 1.165) is 0 Å². The maximum Gasteiger partial charge on any atom is 0.218 e. The van der Waals surface area contributed by atoms with Crippen molar-refractivity contribution in [1.29, 1.82) is 0 Å². The minimum Gasteiger partial charge on any atom is -0.389 e. The summed E-state index contributed by atoms with van der Waals surface area (Å²) >= 11 is 0. The summed E-state index contributed by atoms with van der Waals surface area (Å²) in [5, 5.41) is 18.5. The number of rotatable bonds is 6. The number of β-amino-alcohol motifs (C(OH)–C–C–N with tert-alkyl or cyclic N) is 2. The van der Waals surface area contributed by atoms with Crippen LogP contribution in [0.2, 0.25) is 0 Å². The number of aliphatic hydroxyl groups is 2. The molecular formula is C9H18N2O5S. The lowest BCUT2D eigenvalue weighted by atomic mass is 10.3. The van der Waals surface area contributed by atoms with Crippen LogP contribution < -0.4 is 5.73 Å². The van der Waals surface area contributed by atoms with E-state index in [2.05, 4.69) is 0 Å². The van der Waals surface area contributed by atoms with Gasteiger partial charge in [-0.1, -0.05) is 0 Å². The summed E-state index contributed by atoms with van der Waals surface area (Å²) in [6.07, 6.45) is -1.81. The molecule has 2 unspecified atom stereocenters. The molecule has 1 amide bonds. The van der Waals surface area contributed by atoms with Gasteiger partial charge in [0.15, 0.2) is 9.84 Å². The Balaban J connectivity index is 2.33. The summed E-state index contributed by atoms with van der Waals surface area (Å²) in [7, 11) is -3.30. The summed E-state index contributed by atoms with van der Waals surface area (Å²) in [4.78, 5) is 12.2. The molecule has 1 aliphatic heterocycles. The molecule has 0 aliphatic carbocycles. The maximum atomic E-state index is 11.5. The van der Waals surface area contributed by atoms with Crippen molar-refractivity contribution in [2.24, 2.45) is 5.73 Å². The second kappa shape index (κ2) is 5.76. The summed E-state index contributed by atoms with van der Waals surface area (Å²) in [5.41, 5.74) is 4.87.